The van der Waals surface area contributed by atoms with Gasteiger partial charge in [0.05, 0.1) is 0 Å². The van der Waals surface area contributed by atoms with Gasteiger partial charge >= 0.3 is 0 Å². The Kier molecular flexibility index (Phi) is 1.85. The maximum Gasteiger partial charge on any atom is 0.0355 e. The van der Waals surface area contributed by atoms with Gasteiger partial charge in [-0.25, -0.2) is 0 Å². The molecule has 64 valence electrons. The Morgan fingerprint density at radius 3 is 2.38 bits per heavy atom. The molecule has 0 aliphatic carbocycles. The van der Waals surface area contributed by atoms with Crippen LogP contribution >= 0.6 is 0 Å². The summed E-state index contributed by atoms with van der Waals surface area (Å²) in [5.41, 5.74) is 1.62. The zero-order valence-electron chi connectivity index (χ0n) is 7.54. The Bertz CT molecular complexity index is 457. The van der Waals surface area contributed by atoms with Crippen molar-refractivity contribution >= 4 is 16.5 Å². The summed E-state index contributed by atoms with van der Waals surface area (Å²) >= 11 is 0. The van der Waals surface area contributed by atoms with Crippen molar-refractivity contribution in [3.63, 3.8) is 0 Å². The fourth-order valence-corrected chi connectivity index (χ4v) is 1.42. The van der Waals surface area contributed by atoms with Crippen molar-refractivity contribution in [2.24, 2.45) is 0 Å². The van der Waals surface area contributed by atoms with Crippen LogP contribution in [0.1, 0.15) is 12.5 Å². The molecule has 0 fully saturated rings. The third-order valence-electron chi connectivity index (χ3n) is 2.18. The van der Waals surface area contributed by atoms with Crippen molar-refractivity contribution in [1.29, 1.82) is 5.41 Å². The van der Waals surface area contributed by atoms with Gasteiger partial charge in [-0.05, 0) is 29.3 Å². The summed E-state index contributed by atoms with van der Waals surface area (Å²) in [5.74, 6) is 0. The van der Waals surface area contributed by atoms with Gasteiger partial charge in [0, 0.05) is 5.71 Å². The first-order valence-electron chi connectivity index (χ1n) is 4.32. The number of nitrogens with one attached hydrogen (secondary N) is 1. The van der Waals surface area contributed by atoms with Crippen LogP contribution in [-0.4, -0.2) is 5.71 Å². The smallest absolute Gasteiger partial charge is 0.0355 e. The van der Waals surface area contributed by atoms with Gasteiger partial charge in [-0.2, -0.15) is 0 Å². The molecule has 0 saturated heterocycles. The fourth-order valence-electron chi connectivity index (χ4n) is 1.42. The minimum Gasteiger partial charge on any atom is -0.305 e. The van der Waals surface area contributed by atoms with Crippen LogP contribution in [-0.2, 0) is 0 Å². The molecular weight excluding hydrogens is 158 g/mol. The van der Waals surface area contributed by atoms with E-state index in [1.807, 2.05) is 25.1 Å². The molecule has 0 aliphatic rings. The van der Waals surface area contributed by atoms with Crippen LogP contribution in [0.5, 0.6) is 0 Å². The summed E-state index contributed by atoms with van der Waals surface area (Å²) in [6.07, 6.45) is 0. The number of benzene rings is 2. The van der Waals surface area contributed by atoms with Gasteiger partial charge in [-0.15, -0.1) is 0 Å². The van der Waals surface area contributed by atoms with Crippen molar-refractivity contribution in [2.45, 2.75) is 6.92 Å². The molecule has 0 saturated carbocycles. The largest absolute Gasteiger partial charge is 0.305 e. The third kappa shape index (κ3) is 1.45. The van der Waals surface area contributed by atoms with Crippen molar-refractivity contribution in [2.75, 3.05) is 0 Å². The van der Waals surface area contributed by atoms with E-state index in [2.05, 4.69) is 24.3 Å². The molecule has 0 bridgehead atoms. The van der Waals surface area contributed by atoms with Gasteiger partial charge in [-0.1, -0.05) is 36.4 Å². The van der Waals surface area contributed by atoms with Crippen LogP contribution < -0.4 is 0 Å². The molecule has 0 aromatic heterocycles. The first-order valence-corrected chi connectivity index (χ1v) is 4.32. The predicted octanol–water partition coefficient (Wildman–Crippen LogP) is 3.23. The van der Waals surface area contributed by atoms with Crippen LogP contribution in [0.15, 0.2) is 42.5 Å². The van der Waals surface area contributed by atoms with Gasteiger partial charge in [0.2, 0.25) is 0 Å². The number of hydrogen-bond donors (Lipinski definition) is 1. The summed E-state index contributed by atoms with van der Waals surface area (Å²) in [5, 5.41) is 9.94. The van der Waals surface area contributed by atoms with E-state index >= 15 is 0 Å². The van der Waals surface area contributed by atoms with Crippen molar-refractivity contribution < 1.29 is 0 Å². The molecule has 0 atom stereocenters. The lowest BCUT2D eigenvalue weighted by Crippen LogP contribution is -1.90. The highest BCUT2D eigenvalue weighted by atomic mass is 14.4. The van der Waals surface area contributed by atoms with Gasteiger partial charge in [-0.3, -0.25) is 0 Å². The molecule has 1 heteroatoms. The van der Waals surface area contributed by atoms with Crippen LogP contribution in [0, 0.1) is 5.41 Å². The zero-order valence-corrected chi connectivity index (χ0v) is 7.54. The van der Waals surface area contributed by atoms with Crippen LogP contribution in [0.25, 0.3) is 10.8 Å². The Labute approximate surface area is 77.5 Å². The molecule has 2 aromatic carbocycles. The van der Waals surface area contributed by atoms with Gasteiger partial charge in [0.15, 0.2) is 0 Å². The molecule has 1 nitrogen and oxygen atoms in total. The summed E-state index contributed by atoms with van der Waals surface area (Å²) < 4.78 is 0. The summed E-state index contributed by atoms with van der Waals surface area (Å²) in [4.78, 5) is 0. The molecule has 0 aliphatic heterocycles. The van der Waals surface area contributed by atoms with E-state index in [1.54, 1.807) is 0 Å². The average Bonchev–Trinajstić information content (AvgIpc) is 2.17. The monoisotopic (exact) mass is 169 g/mol. The Hall–Kier alpha value is -1.63. The van der Waals surface area contributed by atoms with E-state index in [-0.39, 0.29) is 0 Å². The second kappa shape index (κ2) is 3.02. The Balaban J connectivity index is 2.69. The topological polar surface area (TPSA) is 23.9 Å². The average molecular weight is 169 g/mol. The molecule has 1 N–H and O–H groups in total. The fraction of sp³-hybridized carbons (Fsp3) is 0.0833. The van der Waals surface area contributed by atoms with E-state index < -0.39 is 0 Å². The SMILES string of the molecule is CC(=N)c1ccc2ccccc2c1. The van der Waals surface area contributed by atoms with Gasteiger partial charge in [0.1, 0.15) is 0 Å². The quantitative estimate of drug-likeness (QED) is 0.634. The minimum absolute atomic E-state index is 0.616. The highest BCUT2D eigenvalue weighted by Gasteiger charge is 1.96. The first kappa shape index (κ1) is 7.99. The minimum atomic E-state index is 0.616. The standard InChI is InChI=1S/C12H11N/c1-9(13)11-7-6-10-4-2-3-5-12(10)8-11/h2-8,13H,1H3. The van der Waals surface area contributed by atoms with Crippen molar-refractivity contribution in [1.82, 2.24) is 0 Å². The lowest BCUT2D eigenvalue weighted by atomic mass is 10.1. The molecule has 2 aromatic rings. The van der Waals surface area contributed by atoms with Gasteiger partial charge in [0.25, 0.3) is 0 Å². The molecule has 13 heavy (non-hydrogen) atoms. The molecule has 0 spiro atoms. The van der Waals surface area contributed by atoms with Crippen LogP contribution in [0.3, 0.4) is 0 Å². The van der Waals surface area contributed by atoms with Crippen molar-refractivity contribution in [3.8, 4) is 0 Å². The highest BCUT2D eigenvalue weighted by molar-refractivity contribution is 5.99. The van der Waals surface area contributed by atoms with E-state index in [1.165, 1.54) is 10.8 Å². The second-order valence-corrected chi connectivity index (χ2v) is 3.19. The second-order valence-electron chi connectivity index (χ2n) is 3.19. The van der Waals surface area contributed by atoms with Crippen LogP contribution in [0.2, 0.25) is 0 Å². The third-order valence-corrected chi connectivity index (χ3v) is 2.18. The molecule has 2 rings (SSSR count). The Morgan fingerprint density at radius 2 is 1.69 bits per heavy atom. The Morgan fingerprint density at radius 1 is 1.00 bits per heavy atom. The molecule has 0 unspecified atom stereocenters. The molecule has 0 amide bonds. The lowest BCUT2D eigenvalue weighted by Gasteiger charge is -2.00. The molecular formula is C12H11N. The molecule has 0 radical (unpaired) electrons. The lowest BCUT2D eigenvalue weighted by molar-refractivity contribution is 1.46. The van der Waals surface area contributed by atoms with Crippen molar-refractivity contribution in [3.05, 3.63) is 48.0 Å². The number of fused-ring (bicyclic) bond motifs is 1. The first-order chi connectivity index (χ1) is 6.27. The van der Waals surface area contributed by atoms with E-state index in [4.69, 9.17) is 5.41 Å². The maximum absolute atomic E-state index is 7.51. The summed E-state index contributed by atoms with van der Waals surface area (Å²) in [6.45, 7) is 1.81. The summed E-state index contributed by atoms with van der Waals surface area (Å²) in [6, 6.07) is 14.3. The van der Waals surface area contributed by atoms with E-state index in [0.717, 1.165) is 5.56 Å². The van der Waals surface area contributed by atoms with E-state index in [0.29, 0.717) is 5.71 Å². The maximum atomic E-state index is 7.51. The van der Waals surface area contributed by atoms with E-state index in [9.17, 15) is 0 Å². The summed E-state index contributed by atoms with van der Waals surface area (Å²) in [7, 11) is 0. The normalized spacial score (nSPS) is 10.2. The highest BCUT2D eigenvalue weighted by Crippen LogP contribution is 2.15. The molecule has 0 heterocycles. The number of hydrogen-bond acceptors (Lipinski definition) is 1. The predicted molar refractivity (Wildman–Crippen MR) is 56.5 cm³/mol. The van der Waals surface area contributed by atoms with Crippen LogP contribution in [0.4, 0.5) is 0 Å². The van der Waals surface area contributed by atoms with Gasteiger partial charge < -0.3 is 5.41 Å². The number of rotatable bonds is 1. The zero-order chi connectivity index (χ0) is 9.26.